The van der Waals surface area contributed by atoms with Gasteiger partial charge in [0.2, 0.25) is 0 Å². The van der Waals surface area contributed by atoms with Gasteiger partial charge in [0.05, 0.1) is 0 Å². The number of hydrogen-bond donors (Lipinski definition) is 0. The first-order chi connectivity index (χ1) is 8.99. The van der Waals surface area contributed by atoms with Crippen LogP contribution in [0.15, 0.2) is 47.7 Å². The van der Waals surface area contributed by atoms with Crippen LogP contribution in [0.3, 0.4) is 0 Å². The summed E-state index contributed by atoms with van der Waals surface area (Å²) in [5, 5.41) is 0. The average molecular weight is 257 g/mol. The summed E-state index contributed by atoms with van der Waals surface area (Å²) in [7, 11) is 0. The molecule has 2 amide bonds. The molecule has 3 heteroatoms. The first kappa shape index (κ1) is 13.5. The van der Waals surface area contributed by atoms with Gasteiger partial charge < -0.3 is 0 Å². The molecule has 100 valence electrons. The maximum absolute atomic E-state index is 11.8. The zero-order valence-electron chi connectivity index (χ0n) is 11.6. The van der Waals surface area contributed by atoms with E-state index >= 15 is 0 Å². The van der Waals surface area contributed by atoms with Crippen LogP contribution < -0.4 is 0 Å². The highest BCUT2D eigenvalue weighted by atomic mass is 16.2. The maximum Gasteiger partial charge on any atom is 0.258 e. The lowest BCUT2D eigenvalue weighted by atomic mass is 9.94. The van der Waals surface area contributed by atoms with Crippen molar-refractivity contribution in [3.63, 3.8) is 0 Å². The van der Waals surface area contributed by atoms with Crippen LogP contribution in [0.25, 0.3) is 0 Å². The van der Waals surface area contributed by atoms with Crippen molar-refractivity contribution in [1.29, 1.82) is 0 Å². The van der Waals surface area contributed by atoms with E-state index in [4.69, 9.17) is 0 Å². The van der Waals surface area contributed by atoms with E-state index in [9.17, 15) is 9.59 Å². The number of amides is 2. The first-order valence-electron chi connectivity index (χ1n) is 6.64. The lowest BCUT2D eigenvalue weighted by molar-refractivity contribution is -0.134. The summed E-state index contributed by atoms with van der Waals surface area (Å²) in [6.07, 6.45) is 11.7. The highest BCUT2D eigenvalue weighted by molar-refractivity contribution is 6.14. The van der Waals surface area contributed by atoms with Gasteiger partial charge in [0.15, 0.2) is 0 Å². The summed E-state index contributed by atoms with van der Waals surface area (Å²) >= 11 is 0. The molecule has 1 heterocycles. The Hall–Kier alpha value is -1.90. The van der Waals surface area contributed by atoms with Crippen molar-refractivity contribution in [2.45, 2.75) is 27.2 Å². The predicted octanol–water partition coefficient (Wildman–Crippen LogP) is 2.97. The van der Waals surface area contributed by atoms with Gasteiger partial charge in [0, 0.05) is 17.8 Å². The van der Waals surface area contributed by atoms with E-state index in [0.717, 1.165) is 6.42 Å². The Labute approximate surface area is 114 Å². The van der Waals surface area contributed by atoms with Gasteiger partial charge in [-0.1, -0.05) is 44.6 Å². The molecule has 0 aromatic heterocycles. The molecule has 2 rings (SSSR count). The summed E-state index contributed by atoms with van der Waals surface area (Å²) < 4.78 is 0. The van der Waals surface area contributed by atoms with E-state index in [1.165, 1.54) is 22.6 Å². The van der Waals surface area contributed by atoms with Crippen molar-refractivity contribution in [1.82, 2.24) is 4.90 Å². The highest BCUT2D eigenvalue weighted by Crippen LogP contribution is 2.25. The SMILES string of the molecule is CC1/C=C\C/C(C(C)C)=C\C(N2C(=O)C=CC2=O)=C/1. The Bertz CT molecular complexity index is 503. The molecule has 2 aliphatic rings. The van der Waals surface area contributed by atoms with Gasteiger partial charge in [-0.15, -0.1) is 0 Å². The smallest absolute Gasteiger partial charge is 0.258 e. The first-order valence-corrected chi connectivity index (χ1v) is 6.64. The van der Waals surface area contributed by atoms with Crippen LogP contribution in [-0.2, 0) is 9.59 Å². The van der Waals surface area contributed by atoms with Crippen LogP contribution in [0.5, 0.6) is 0 Å². The minimum Gasteiger partial charge on any atom is -0.269 e. The number of nitrogens with zero attached hydrogens (tertiary/aromatic N) is 1. The molecule has 0 fully saturated rings. The standard InChI is InChI=1S/C16H19NO2/c1-11(2)13-6-4-5-12(3)9-14(10-13)17-15(18)7-8-16(17)19/h4-5,7-12H,6H2,1-3H3/b5-4-,13-10+,14-9+. The predicted molar refractivity (Wildman–Crippen MR) is 74.9 cm³/mol. The Morgan fingerprint density at radius 1 is 1.21 bits per heavy atom. The molecule has 1 unspecified atom stereocenters. The van der Waals surface area contributed by atoms with Crippen molar-refractivity contribution >= 4 is 11.8 Å². The Balaban J connectivity index is 2.42. The lowest BCUT2D eigenvalue weighted by Gasteiger charge is -2.20. The quantitative estimate of drug-likeness (QED) is 0.563. The molecule has 1 aliphatic carbocycles. The molecular formula is C16H19NO2. The number of hydrogen-bond acceptors (Lipinski definition) is 2. The van der Waals surface area contributed by atoms with Gasteiger partial charge >= 0.3 is 0 Å². The van der Waals surface area contributed by atoms with Crippen LogP contribution in [0.4, 0.5) is 0 Å². The summed E-state index contributed by atoms with van der Waals surface area (Å²) in [5.74, 6) is 0.0862. The monoisotopic (exact) mass is 257 g/mol. The fourth-order valence-corrected chi connectivity index (χ4v) is 2.24. The number of carbonyl (C=O) groups is 2. The van der Waals surface area contributed by atoms with Gasteiger partial charge in [-0.05, 0) is 24.3 Å². The summed E-state index contributed by atoms with van der Waals surface area (Å²) in [4.78, 5) is 24.8. The average Bonchev–Trinajstić information content (AvgIpc) is 2.63. The second-order valence-electron chi connectivity index (χ2n) is 5.30. The fraction of sp³-hybridized carbons (Fsp3) is 0.375. The van der Waals surface area contributed by atoms with Gasteiger partial charge in [-0.3, -0.25) is 9.59 Å². The fourth-order valence-electron chi connectivity index (χ4n) is 2.24. The molecule has 1 aliphatic heterocycles. The van der Waals surface area contributed by atoms with E-state index in [-0.39, 0.29) is 17.7 Å². The third-order valence-corrected chi connectivity index (χ3v) is 3.37. The molecule has 0 bridgehead atoms. The van der Waals surface area contributed by atoms with Gasteiger partial charge in [-0.25, -0.2) is 4.90 Å². The molecule has 0 saturated carbocycles. The lowest BCUT2D eigenvalue weighted by Crippen LogP contribution is -2.29. The molecule has 1 atom stereocenters. The Morgan fingerprint density at radius 3 is 2.42 bits per heavy atom. The van der Waals surface area contributed by atoms with Crippen molar-refractivity contribution in [3.8, 4) is 0 Å². The van der Waals surface area contributed by atoms with E-state index in [1.54, 1.807) is 0 Å². The molecule has 0 radical (unpaired) electrons. The number of rotatable bonds is 2. The summed E-state index contributed by atoms with van der Waals surface area (Å²) in [6, 6.07) is 0. The maximum atomic E-state index is 11.8. The zero-order valence-corrected chi connectivity index (χ0v) is 11.6. The third kappa shape index (κ3) is 2.92. The van der Waals surface area contributed by atoms with E-state index in [0.29, 0.717) is 11.6 Å². The van der Waals surface area contributed by atoms with Gasteiger partial charge in [0.1, 0.15) is 0 Å². The van der Waals surface area contributed by atoms with E-state index in [2.05, 4.69) is 26.0 Å². The van der Waals surface area contributed by atoms with Crippen LogP contribution in [0.1, 0.15) is 27.2 Å². The summed E-state index contributed by atoms with van der Waals surface area (Å²) in [6.45, 7) is 6.28. The molecule has 0 aromatic rings. The minimum atomic E-state index is -0.257. The third-order valence-electron chi connectivity index (χ3n) is 3.37. The molecular weight excluding hydrogens is 238 g/mol. The van der Waals surface area contributed by atoms with Gasteiger partial charge in [0.25, 0.3) is 11.8 Å². The van der Waals surface area contributed by atoms with Crippen LogP contribution in [0, 0.1) is 11.8 Å². The molecule has 3 nitrogen and oxygen atoms in total. The minimum absolute atomic E-state index is 0.209. The second kappa shape index (κ2) is 5.39. The Morgan fingerprint density at radius 2 is 1.84 bits per heavy atom. The molecule has 0 saturated heterocycles. The van der Waals surface area contributed by atoms with Crippen molar-refractivity contribution in [3.05, 3.63) is 47.7 Å². The molecule has 19 heavy (non-hydrogen) atoms. The highest BCUT2D eigenvalue weighted by Gasteiger charge is 2.26. The van der Waals surface area contributed by atoms with E-state index < -0.39 is 0 Å². The number of carbonyl (C=O) groups excluding carboxylic acids is 2. The normalized spacial score (nSPS) is 30.7. The van der Waals surface area contributed by atoms with Crippen LogP contribution >= 0.6 is 0 Å². The topological polar surface area (TPSA) is 37.4 Å². The molecule has 0 N–H and O–H groups in total. The molecule has 0 aromatic carbocycles. The summed E-state index contributed by atoms with van der Waals surface area (Å²) in [5.41, 5.74) is 1.92. The van der Waals surface area contributed by atoms with E-state index in [1.807, 2.05) is 19.1 Å². The van der Waals surface area contributed by atoms with Crippen molar-refractivity contribution < 1.29 is 9.59 Å². The second-order valence-corrected chi connectivity index (χ2v) is 5.30. The Kier molecular flexibility index (Phi) is 3.84. The van der Waals surface area contributed by atoms with Gasteiger partial charge in [-0.2, -0.15) is 0 Å². The largest absolute Gasteiger partial charge is 0.269 e. The number of allylic oxidation sites excluding steroid dienone is 5. The van der Waals surface area contributed by atoms with Crippen molar-refractivity contribution in [2.75, 3.05) is 0 Å². The number of imide groups is 1. The zero-order chi connectivity index (χ0) is 14.0. The van der Waals surface area contributed by atoms with Crippen LogP contribution in [-0.4, -0.2) is 16.7 Å². The molecule has 0 spiro atoms. The van der Waals surface area contributed by atoms with Crippen LogP contribution in [0.2, 0.25) is 0 Å². The van der Waals surface area contributed by atoms with Crippen molar-refractivity contribution in [2.24, 2.45) is 11.8 Å².